The Morgan fingerprint density at radius 2 is 1.87 bits per heavy atom. The summed E-state index contributed by atoms with van der Waals surface area (Å²) in [5, 5.41) is 12.5. The molecule has 0 N–H and O–H groups in total. The molecule has 0 aliphatic carbocycles. The first-order chi connectivity index (χ1) is 15.2. The number of nitrogens with zero attached hydrogens (tertiary/aromatic N) is 5. The van der Waals surface area contributed by atoms with Crippen LogP contribution in [0.4, 0.5) is 4.39 Å². The Balaban J connectivity index is 1.40. The molecule has 0 fully saturated rings. The molecule has 0 amide bonds. The van der Waals surface area contributed by atoms with Crippen LogP contribution in [-0.4, -0.2) is 39.4 Å². The highest BCUT2D eigenvalue weighted by Crippen LogP contribution is 2.33. The van der Waals surface area contributed by atoms with Gasteiger partial charge in [-0.1, -0.05) is 22.5 Å². The molecule has 10 heteroatoms. The summed E-state index contributed by atoms with van der Waals surface area (Å²) < 4.78 is 36.9. The number of hydrogen-bond donors (Lipinski definition) is 0. The maximum atomic E-state index is 13.2. The van der Waals surface area contributed by atoms with Gasteiger partial charge in [0.05, 0.1) is 33.1 Å². The minimum absolute atomic E-state index is 0.243. The second-order valence-corrected chi connectivity index (χ2v) is 6.91. The van der Waals surface area contributed by atoms with Crippen LogP contribution in [0.5, 0.6) is 11.5 Å². The molecule has 9 nitrogen and oxygen atoms in total. The molecule has 0 radical (unpaired) electrons. The first-order valence-electron chi connectivity index (χ1n) is 9.52. The van der Waals surface area contributed by atoms with Gasteiger partial charge in [0.15, 0.2) is 17.2 Å². The lowest BCUT2D eigenvalue weighted by Crippen LogP contribution is -2.22. The van der Waals surface area contributed by atoms with Crippen LogP contribution in [0.3, 0.4) is 0 Å². The van der Waals surface area contributed by atoms with E-state index in [0.29, 0.717) is 35.1 Å². The van der Waals surface area contributed by atoms with Crippen molar-refractivity contribution in [3.05, 3.63) is 59.5 Å². The lowest BCUT2D eigenvalue weighted by Gasteiger charge is -2.24. The lowest BCUT2D eigenvalue weighted by molar-refractivity contribution is -0.00120. The van der Waals surface area contributed by atoms with E-state index in [1.807, 2.05) is 6.07 Å². The molecule has 2 aromatic carbocycles. The number of fused-ring (bicyclic) bond motifs is 1. The zero-order chi connectivity index (χ0) is 21.4. The molecule has 31 heavy (non-hydrogen) atoms. The van der Waals surface area contributed by atoms with Crippen molar-refractivity contribution >= 4 is 0 Å². The van der Waals surface area contributed by atoms with Gasteiger partial charge in [-0.25, -0.2) is 9.07 Å². The highest BCUT2D eigenvalue weighted by Gasteiger charge is 2.28. The van der Waals surface area contributed by atoms with Crippen molar-refractivity contribution in [3.8, 4) is 34.5 Å². The molecule has 4 aromatic rings. The summed E-state index contributed by atoms with van der Waals surface area (Å²) in [4.78, 5) is 4.46. The van der Waals surface area contributed by atoms with Crippen LogP contribution >= 0.6 is 0 Å². The van der Waals surface area contributed by atoms with E-state index < -0.39 is 0 Å². The third kappa shape index (κ3) is 3.50. The average Bonchev–Trinajstić information content (AvgIpc) is 3.45. The van der Waals surface area contributed by atoms with E-state index in [1.165, 1.54) is 12.1 Å². The van der Waals surface area contributed by atoms with Crippen LogP contribution in [0.2, 0.25) is 0 Å². The van der Waals surface area contributed by atoms with Crippen molar-refractivity contribution in [1.29, 1.82) is 0 Å². The Bertz CT molecular complexity index is 1220. The summed E-state index contributed by atoms with van der Waals surface area (Å²) in [5.41, 5.74) is 2.79. The number of ether oxygens (including phenoxy) is 3. The van der Waals surface area contributed by atoms with E-state index in [-0.39, 0.29) is 24.4 Å². The number of methoxy groups -OCH3 is 2. The van der Waals surface area contributed by atoms with Crippen molar-refractivity contribution in [2.75, 3.05) is 14.2 Å². The summed E-state index contributed by atoms with van der Waals surface area (Å²) in [6, 6.07) is 11.6. The first kappa shape index (κ1) is 19.2. The standard InChI is InChI=1S/C21H18FN5O4/c1-28-16-8-5-13(9-17(16)29-2)20-23-21(31-25-20)19-15-11-30-18(10-27(15)26-24-19)12-3-6-14(22)7-4-12/h3-9,18H,10-11H2,1-2H3/t18-/m1/s1. The minimum Gasteiger partial charge on any atom is -0.493 e. The Hall–Kier alpha value is -3.79. The molecule has 1 atom stereocenters. The van der Waals surface area contributed by atoms with Crippen LogP contribution in [0, 0.1) is 5.82 Å². The van der Waals surface area contributed by atoms with E-state index in [0.717, 1.165) is 11.3 Å². The topological polar surface area (TPSA) is 97.3 Å². The van der Waals surface area contributed by atoms with Gasteiger partial charge in [-0.2, -0.15) is 4.98 Å². The van der Waals surface area contributed by atoms with E-state index in [1.54, 1.807) is 43.2 Å². The highest BCUT2D eigenvalue weighted by molar-refractivity contribution is 5.63. The monoisotopic (exact) mass is 423 g/mol. The van der Waals surface area contributed by atoms with Crippen molar-refractivity contribution in [3.63, 3.8) is 0 Å². The molecule has 158 valence electrons. The normalized spacial score (nSPS) is 15.5. The molecule has 2 aromatic heterocycles. The Morgan fingerprint density at radius 3 is 2.65 bits per heavy atom. The van der Waals surface area contributed by atoms with Crippen LogP contribution in [0.15, 0.2) is 47.0 Å². The second kappa shape index (κ2) is 7.80. The predicted octanol–water partition coefficient (Wildman–Crippen LogP) is 3.42. The Kier molecular flexibility index (Phi) is 4.83. The summed E-state index contributed by atoms with van der Waals surface area (Å²) in [6.07, 6.45) is -0.243. The quantitative estimate of drug-likeness (QED) is 0.482. The molecule has 0 saturated carbocycles. The SMILES string of the molecule is COc1ccc(-c2noc(-c3nnn4c3CO[C@@H](c3ccc(F)cc3)C4)n2)cc1OC. The fraction of sp³-hybridized carbons (Fsp3) is 0.238. The van der Waals surface area contributed by atoms with Gasteiger partial charge in [-0.05, 0) is 35.9 Å². The Morgan fingerprint density at radius 1 is 1.06 bits per heavy atom. The molecule has 1 aliphatic heterocycles. The van der Waals surface area contributed by atoms with Gasteiger partial charge >= 0.3 is 0 Å². The number of aromatic nitrogens is 5. The number of halogens is 1. The van der Waals surface area contributed by atoms with Gasteiger partial charge < -0.3 is 18.7 Å². The molecule has 0 spiro atoms. The first-order valence-corrected chi connectivity index (χ1v) is 9.52. The molecular weight excluding hydrogens is 405 g/mol. The molecule has 0 bridgehead atoms. The number of rotatable bonds is 5. The predicted molar refractivity (Wildman–Crippen MR) is 106 cm³/mol. The van der Waals surface area contributed by atoms with E-state index in [2.05, 4.69) is 20.5 Å². The van der Waals surface area contributed by atoms with Gasteiger partial charge in [0, 0.05) is 5.56 Å². The molecule has 1 aliphatic rings. The average molecular weight is 423 g/mol. The van der Waals surface area contributed by atoms with Crippen molar-refractivity contribution < 1.29 is 23.1 Å². The zero-order valence-electron chi connectivity index (χ0n) is 16.8. The maximum Gasteiger partial charge on any atom is 0.280 e. The van der Waals surface area contributed by atoms with Crippen LogP contribution in [0.25, 0.3) is 23.0 Å². The minimum atomic E-state index is -0.287. The van der Waals surface area contributed by atoms with Gasteiger partial charge in [0.2, 0.25) is 5.82 Å². The molecular formula is C21H18FN5O4. The van der Waals surface area contributed by atoms with Gasteiger partial charge in [-0.3, -0.25) is 0 Å². The second-order valence-electron chi connectivity index (χ2n) is 6.91. The highest BCUT2D eigenvalue weighted by atomic mass is 19.1. The zero-order valence-corrected chi connectivity index (χ0v) is 16.8. The van der Waals surface area contributed by atoms with Gasteiger partial charge in [0.25, 0.3) is 5.89 Å². The van der Waals surface area contributed by atoms with Crippen molar-refractivity contribution in [1.82, 2.24) is 25.1 Å². The van der Waals surface area contributed by atoms with E-state index in [9.17, 15) is 4.39 Å². The summed E-state index contributed by atoms with van der Waals surface area (Å²) in [7, 11) is 3.13. The smallest absolute Gasteiger partial charge is 0.280 e. The van der Waals surface area contributed by atoms with E-state index >= 15 is 0 Å². The molecule has 5 rings (SSSR count). The summed E-state index contributed by atoms with van der Waals surface area (Å²) >= 11 is 0. The van der Waals surface area contributed by atoms with Crippen LogP contribution in [0.1, 0.15) is 17.4 Å². The molecule has 3 heterocycles. The van der Waals surface area contributed by atoms with Crippen LogP contribution < -0.4 is 9.47 Å². The van der Waals surface area contributed by atoms with Crippen molar-refractivity contribution in [2.24, 2.45) is 0 Å². The van der Waals surface area contributed by atoms with Gasteiger partial charge in [-0.15, -0.1) is 5.10 Å². The largest absolute Gasteiger partial charge is 0.493 e. The summed E-state index contributed by atoms with van der Waals surface area (Å²) in [6.45, 7) is 0.711. The molecule has 0 unspecified atom stereocenters. The fourth-order valence-corrected chi connectivity index (χ4v) is 3.47. The van der Waals surface area contributed by atoms with Gasteiger partial charge in [0.1, 0.15) is 11.9 Å². The van der Waals surface area contributed by atoms with E-state index in [4.69, 9.17) is 18.7 Å². The number of benzene rings is 2. The third-order valence-electron chi connectivity index (χ3n) is 5.11. The third-order valence-corrected chi connectivity index (χ3v) is 5.11. The van der Waals surface area contributed by atoms with Crippen molar-refractivity contribution in [2.45, 2.75) is 19.3 Å². The summed E-state index contributed by atoms with van der Waals surface area (Å²) in [5.74, 6) is 1.52. The Labute approximate surface area is 176 Å². The fourth-order valence-electron chi connectivity index (χ4n) is 3.47. The molecule has 0 saturated heterocycles. The lowest BCUT2D eigenvalue weighted by atomic mass is 10.1. The maximum absolute atomic E-state index is 13.2. The van der Waals surface area contributed by atoms with Crippen LogP contribution in [-0.2, 0) is 17.9 Å². The number of hydrogen-bond acceptors (Lipinski definition) is 8.